The van der Waals surface area contributed by atoms with Crippen LogP contribution in [-0.4, -0.2) is 5.11 Å². The third kappa shape index (κ3) is 2.85. The summed E-state index contributed by atoms with van der Waals surface area (Å²) in [6, 6.07) is 6.36. The molecule has 0 aromatic heterocycles. The summed E-state index contributed by atoms with van der Waals surface area (Å²) in [6.45, 7) is 12.5. The highest BCUT2D eigenvalue weighted by Crippen LogP contribution is 2.30. The molecule has 0 radical (unpaired) electrons. The molecule has 1 N–H and O–H groups in total. The van der Waals surface area contributed by atoms with Gasteiger partial charge in [-0.05, 0) is 42.4 Å². The van der Waals surface area contributed by atoms with Gasteiger partial charge in [-0.1, -0.05) is 45.9 Å². The van der Waals surface area contributed by atoms with Gasteiger partial charge in [-0.3, -0.25) is 0 Å². The molecular weight excluding hydrogens is 196 g/mol. The van der Waals surface area contributed by atoms with Crippen molar-refractivity contribution in [3.05, 3.63) is 34.9 Å². The summed E-state index contributed by atoms with van der Waals surface area (Å²) >= 11 is 0. The van der Waals surface area contributed by atoms with Crippen LogP contribution >= 0.6 is 0 Å². The van der Waals surface area contributed by atoms with Crippen molar-refractivity contribution < 1.29 is 5.11 Å². The Hall–Kier alpha value is -0.820. The van der Waals surface area contributed by atoms with Gasteiger partial charge in [0, 0.05) is 0 Å². The number of benzene rings is 1. The fourth-order valence-electron chi connectivity index (χ4n) is 1.98. The van der Waals surface area contributed by atoms with Gasteiger partial charge in [-0.25, -0.2) is 0 Å². The molecule has 0 atom stereocenters. The van der Waals surface area contributed by atoms with Crippen molar-refractivity contribution >= 4 is 0 Å². The molecule has 1 nitrogen and oxygen atoms in total. The second kappa shape index (κ2) is 4.58. The maximum Gasteiger partial charge on any atom is 0.0840 e. The molecule has 0 amide bonds. The largest absolute Gasteiger partial charge is 0.386 e. The van der Waals surface area contributed by atoms with E-state index in [0.29, 0.717) is 11.8 Å². The average molecular weight is 220 g/mol. The van der Waals surface area contributed by atoms with E-state index in [1.807, 2.05) is 19.9 Å². The molecule has 90 valence electrons. The van der Waals surface area contributed by atoms with E-state index in [9.17, 15) is 5.11 Å². The predicted octanol–water partition coefficient (Wildman–Crippen LogP) is 4.16. The molecule has 1 heteroatoms. The van der Waals surface area contributed by atoms with Crippen LogP contribution in [-0.2, 0) is 5.60 Å². The van der Waals surface area contributed by atoms with E-state index >= 15 is 0 Å². The highest BCUT2D eigenvalue weighted by molar-refractivity contribution is 5.38. The Morgan fingerprint density at radius 3 is 1.81 bits per heavy atom. The molecule has 0 bridgehead atoms. The van der Waals surface area contributed by atoms with Crippen LogP contribution in [0.3, 0.4) is 0 Å². The van der Waals surface area contributed by atoms with E-state index in [0.717, 1.165) is 5.56 Å². The summed E-state index contributed by atoms with van der Waals surface area (Å²) in [4.78, 5) is 0. The summed E-state index contributed by atoms with van der Waals surface area (Å²) in [5.74, 6) is 1.04. The van der Waals surface area contributed by atoms with Crippen LogP contribution in [0.15, 0.2) is 18.2 Å². The zero-order valence-electron chi connectivity index (χ0n) is 11.3. The lowest BCUT2D eigenvalue weighted by Crippen LogP contribution is -2.16. The van der Waals surface area contributed by atoms with Crippen molar-refractivity contribution in [2.75, 3.05) is 0 Å². The first-order valence-corrected chi connectivity index (χ1v) is 6.10. The lowest BCUT2D eigenvalue weighted by molar-refractivity contribution is 0.0785. The fourth-order valence-corrected chi connectivity index (χ4v) is 1.98. The summed E-state index contributed by atoms with van der Waals surface area (Å²) < 4.78 is 0. The lowest BCUT2D eigenvalue weighted by Gasteiger charge is -2.23. The van der Waals surface area contributed by atoms with Crippen molar-refractivity contribution in [3.8, 4) is 0 Å². The van der Waals surface area contributed by atoms with Gasteiger partial charge in [0.2, 0.25) is 0 Å². The van der Waals surface area contributed by atoms with Crippen LogP contribution in [0, 0.1) is 0 Å². The standard InChI is InChI=1S/C15H24O/c1-10(2)13-8-7-12(15(5,6)16)9-14(13)11(3)4/h7-11,16H,1-6H3. The second-order valence-corrected chi connectivity index (χ2v) is 5.71. The Bertz CT molecular complexity index is 356. The maximum atomic E-state index is 10.0. The second-order valence-electron chi connectivity index (χ2n) is 5.71. The first-order valence-electron chi connectivity index (χ1n) is 6.10. The minimum absolute atomic E-state index is 0.500. The smallest absolute Gasteiger partial charge is 0.0840 e. The molecule has 0 aliphatic carbocycles. The minimum atomic E-state index is -0.751. The van der Waals surface area contributed by atoms with Gasteiger partial charge < -0.3 is 5.11 Å². The van der Waals surface area contributed by atoms with E-state index in [4.69, 9.17) is 0 Å². The van der Waals surface area contributed by atoms with Crippen LogP contribution in [0.25, 0.3) is 0 Å². The normalized spacial score (nSPS) is 12.6. The molecule has 0 saturated heterocycles. The Morgan fingerprint density at radius 1 is 0.938 bits per heavy atom. The van der Waals surface area contributed by atoms with Gasteiger partial charge >= 0.3 is 0 Å². The van der Waals surface area contributed by atoms with Gasteiger partial charge in [-0.15, -0.1) is 0 Å². The topological polar surface area (TPSA) is 20.2 Å². The predicted molar refractivity (Wildman–Crippen MR) is 69.9 cm³/mol. The first kappa shape index (κ1) is 13.2. The summed E-state index contributed by atoms with van der Waals surface area (Å²) in [6.07, 6.45) is 0. The molecule has 1 aromatic carbocycles. The van der Waals surface area contributed by atoms with Gasteiger partial charge in [0.05, 0.1) is 5.60 Å². The molecule has 0 heterocycles. The monoisotopic (exact) mass is 220 g/mol. The van der Waals surface area contributed by atoms with Crippen molar-refractivity contribution in [2.45, 2.75) is 59.0 Å². The van der Waals surface area contributed by atoms with Crippen LogP contribution in [0.4, 0.5) is 0 Å². The fraction of sp³-hybridized carbons (Fsp3) is 0.600. The maximum absolute atomic E-state index is 10.0. The summed E-state index contributed by atoms with van der Waals surface area (Å²) in [5, 5.41) is 10.0. The number of rotatable bonds is 3. The SMILES string of the molecule is CC(C)c1ccc(C(C)(C)O)cc1C(C)C. The van der Waals surface area contributed by atoms with Crippen LogP contribution in [0.5, 0.6) is 0 Å². The van der Waals surface area contributed by atoms with Crippen LogP contribution < -0.4 is 0 Å². The molecule has 1 rings (SSSR count). The number of hydrogen-bond donors (Lipinski definition) is 1. The van der Waals surface area contributed by atoms with Gasteiger partial charge in [0.15, 0.2) is 0 Å². The van der Waals surface area contributed by atoms with Crippen molar-refractivity contribution in [1.82, 2.24) is 0 Å². The van der Waals surface area contributed by atoms with Gasteiger partial charge in [0.1, 0.15) is 0 Å². The van der Waals surface area contributed by atoms with Crippen molar-refractivity contribution in [1.29, 1.82) is 0 Å². The number of hydrogen-bond acceptors (Lipinski definition) is 1. The first-order chi connectivity index (χ1) is 7.23. The van der Waals surface area contributed by atoms with Crippen molar-refractivity contribution in [3.63, 3.8) is 0 Å². The van der Waals surface area contributed by atoms with E-state index in [1.54, 1.807) is 0 Å². The average Bonchev–Trinajstić information content (AvgIpc) is 2.15. The highest BCUT2D eigenvalue weighted by atomic mass is 16.3. The van der Waals surface area contributed by atoms with Gasteiger partial charge in [0.25, 0.3) is 0 Å². The third-order valence-electron chi connectivity index (χ3n) is 3.04. The molecule has 0 spiro atoms. The van der Waals surface area contributed by atoms with E-state index in [-0.39, 0.29) is 0 Å². The molecule has 16 heavy (non-hydrogen) atoms. The molecule has 1 aromatic rings. The zero-order chi connectivity index (χ0) is 12.5. The Kier molecular flexibility index (Phi) is 3.80. The summed E-state index contributed by atoms with van der Waals surface area (Å²) in [5.41, 5.74) is 3.00. The molecular formula is C15H24O. The highest BCUT2D eigenvalue weighted by Gasteiger charge is 2.19. The zero-order valence-corrected chi connectivity index (χ0v) is 11.3. The van der Waals surface area contributed by atoms with Gasteiger partial charge in [-0.2, -0.15) is 0 Å². The van der Waals surface area contributed by atoms with E-state index in [1.165, 1.54) is 11.1 Å². The Labute approximate surface area is 99.5 Å². The van der Waals surface area contributed by atoms with Crippen LogP contribution in [0.1, 0.15) is 70.1 Å². The molecule has 0 aliphatic heterocycles. The van der Waals surface area contributed by atoms with Crippen LogP contribution in [0.2, 0.25) is 0 Å². The molecule has 0 unspecified atom stereocenters. The Morgan fingerprint density at radius 2 is 1.44 bits per heavy atom. The molecule has 0 fully saturated rings. The molecule has 0 saturated carbocycles. The lowest BCUT2D eigenvalue weighted by atomic mass is 9.86. The van der Waals surface area contributed by atoms with E-state index in [2.05, 4.69) is 39.8 Å². The minimum Gasteiger partial charge on any atom is -0.386 e. The molecule has 0 aliphatic rings. The summed E-state index contributed by atoms with van der Waals surface area (Å²) in [7, 11) is 0. The van der Waals surface area contributed by atoms with E-state index < -0.39 is 5.60 Å². The Balaban J connectivity index is 3.29. The number of aliphatic hydroxyl groups is 1. The third-order valence-corrected chi connectivity index (χ3v) is 3.04. The van der Waals surface area contributed by atoms with Crippen molar-refractivity contribution in [2.24, 2.45) is 0 Å². The quantitative estimate of drug-likeness (QED) is 0.811.